The molecule has 1 atom stereocenters. The van der Waals surface area contributed by atoms with Crippen molar-refractivity contribution in [2.75, 3.05) is 23.4 Å². The lowest BCUT2D eigenvalue weighted by Gasteiger charge is -2.45. The monoisotopic (exact) mass is 376 g/mol. The summed E-state index contributed by atoms with van der Waals surface area (Å²) in [5.41, 5.74) is 0.877. The third kappa shape index (κ3) is 2.19. The van der Waals surface area contributed by atoms with Crippen molar-refractivity contribution in [3.05, 3.63) is 37.2 Å². The van der Waals surface area contributed by atoms with Gasteiger partial charge in [0, 0.05) is 38.4 Å². The predicted octanol–water partition coefficient (Wildman–Crippen LogP) is 1.84. The Morgan fingerprint density at radius 3 is 2.82 bits per heavy atom. The average molecular weight is 376 g/mol. The highest BCUT2D eigenvalue weighted by molar-refractivity contribution is 6.07. The van der Waals surface area contributed by atoms with Gasteiger partial charge in [-0.15, -0.1) is 0 Å². The third-order valence-electron chi connectivity index (χ3n) is 5.78. The Hall–Kier alpha value is -3.36. The van der Waals surface area contributed by atoms with E-state index >= 15 is 0 Å². The summed E-state index contributed by atoms with van der Waals surface area (Å²) >= 11 is 0. The van der Waals surface area contributed by atoms with Crippen LogP contribution >= 0.6 is 0 Å². The van der Waals surface area contributed by atoms with Crippen molar-refractivity contribution in [3.63, 3.8) is 0 Å². The van der Waals surface area contributed by atoms with Crippen molar-refractivity contribution in [1.82, 2.24) is 29.5 Å². The summed E-state index contributed by atoms with van der Waals surface area (Å²) in [5, 5.41) is 0. The maximum atomic E-state index is 13.1. The number of nitrogens with zero attached hydrogens (tertiary/aromatic N) is 8. The van der Waals surface area contributed by atoms with Crippen LogP contribution in [-0.4, -0.2) is 54.5 Å². The molecule has 2 aliphatic heterocycles. The van der Waals surface area contributed by atoms with E-state index in [1.165, 1.54) is 0 Å². The van der Waals surface area contributed by atoms with Gasteiger partial charge in [-0.1, -0.05) is 6.92 Å². The van der Waals surface area contributed by atoms with Crippen LogP contribution in [0.3, 0.4) is 0 Å². The van der Waals surface area contributed by atoms with Gasteiger partial charge in [0.1, 0.15) is 16.9 Å². The molecule has 0 N–H and O–H groups in total. The standard InChI is InChI=1S/C19H20N8O/c1-3-19-5-4-9-27(19)16-14(25(2)17(19)28)12-23-18(24-16)26-10-8-22-15(26)13-11-20-6-7-21-13/h6-8,10-12H,3-5,9H2,1-2H3. The number of anilines is 2. The number of fused-ring (bicyclic) bond motifs is 3. The summed E-state index contributed by atoms with van der Waals surface area (Å²) in [5.74, 6) is 2.04. The van der Waals surface area contributed by atoms with Crippen LogP contribution in [0.25, 0.3) is 17.5 Å². The molecule has 3 aromatic rings. The zero-order valence-corrected chi connectivity index (χ0v) is 15.8. The molecule has 1 saturated heterocycles. The first-order chi connectivity index (χ1) is 13.7. The molecule has 142 valence electrons. The van der Waals surface area contributed by atoms with E-state index in [1.807, 2.05) is 0 Å². The van der Waals surface area contributed by atoms with E-state index in [9.17, 15) is 4.79 Å². The Morgan fingerprint density at radius 1 is 1.14 bits per heavy atom. The number of imidazole rings is 1. The van der Waals surface area contributed by atoms with Gasteiger partial charge in [0.2, 0.25) is 5.95 Å². The van der Waals surface area contributed by atoms with Crippen LogP contribution in [0, 0.1) is 0 Å². The molecular formula is C19H20N8O. The van der Waals surface area contributed by atoms with Crippen molar-refractivity contribution in [2.45, 2.75) is 31.7 Å². The van der Waals surface area contributed by atoms with Gasteiger partial charge in [0.15, 0.2) is 11.6 Å². The van der Waals surface area contributed by atoms with Gasteiger partial charge in [0.05, 0.1) is 12.4 Å². The SMILES string of the molecule is CCC12CCCN1c1nc(-n3ccnc3-c3cnccn3)ncc1N(C)C2=O. The molecular weight excluding hydrogens is 356 g/mol. The zero-order valence-electron chi connectivity index (χ0n) is 15.8. The maximum Gasteiger partial charge on any atom is 0.252 e. The molecule has 1 fully saturated rings. The Balaban J connectivity index is 1.65. The molecule has 28 heavy (non-hydrogen) atoms. The number of rotatable bonds is 3. The van der Waals surface area contributed by atoms with E-state index in [1.54, 1.807) is 53.7 Å². The van der Waals surface area contributed by atoms with Gasteiger partial charge in [-0.25, -0.2) is 15.0 Å². The molecule has 3 aromatic heterocycles. The van der Waals surface area contributed by atoms with Crippen molar-refractivity contribution in [3.8, 4) is 17.5 Å². The molecule has 5 rings (SSSR count). The summed E-state index contributed by atoms with van der Waals surface area (Å²) in [7, 11) is 1.81. The first kappa shape index (κ1) is 16.8. The van der Waals surface area contributed by atoms with Gasteiger partial charge < -0.3 is 9.80 Å². The van der Waals surface area contributed by atoms with E-state index in [-0.39, 0.29) is 5.91 Å². The number of hydrogen-bond acceptors (Lipinski definition) is 7. The first-order valence-corrected chi connectivity index (χ1v) is 9.38. The molecule has 0 spiro atoms. The fraction of sp³-hybridized carbons (Fsp3) is 0.368. The Bertz CT molecular complexity index is 1050. The number of amides is 1. The number of carbonyl (C=O) groups excluding carboxylic acids is 1. The smallest absolute Gasteiger partial charge is 0.252 e. The van der Waals surface area contributed by atoms with Crippen LogP contribution in [0.1, 0.15) is 26.2 Å². The molecule has 9 heteroatoms. The van der Waals surface area contributed by atoms with E-state index in [4.69, 9.17) is 4.98 Å². The summed E-state index contributed by atoms with van der Waals surface area (Å²) in [6.07, 6.45) is 12.7. The van der Waals surface area contributed by atoms with Crippen LogP contribution in [0.4, 0.5) is 11.5 Å². The van der Waals surface area contributed by atoms with E-state index in [0.29, 0.717) is 17.5 Å². The summed E-state index contributed by atoms with van der Waals surface area (Å²) < 4.78 is 1.80. The summed E-state index contributed by atoms with van der Waals surface area (Å²) in [6, 6.07) is 0. The molecule has 1 amide bonds. The van der Waals surface area contributed by atoms with Crippen LogP contribution in [-0.2, 0) is 4.79 Å². The van der Waals surface area contributed by atoms with Crippen molar-refractivity contribution >= 4 is 17.4 Å². The van der Waals surface area contributed by atoms with Crippen molar-refractivity contribution in [2.24, 2.45) is 0 Å². The third-order valence-corrected chi connectivity index (χ3v) is 5.78. The minimum Gasteiger partial charge on any atom is -0.340 e. The van der Waals surface area contributed by atoms with Crippen LogP contribution < -0.4 is 9.80 Å². The predicted molar refractivity (Wildman–Crippen MR) is 103 cm³/mol. The molecule has 0 radical (unpaired) electrons. The van der Waals surface area contributed by atoms with Gasteiger partial charge in [-0.2, -0.15) is 4.98 Å². The molecule has 5 heterocycles. The fourth-order valence-electron chi connectivity index (χ4n) is 4.33. The number of aromatic nitrogens is 6. The number of likely N-dealkylation sites (N-methyl/N-ethyl adjacent to an activating group) is 1. The Labute approximate surface area is 162 Å². The highest BCUT2D eigenvalue weighted by atomic mass is 16.2. The van der Waals surface area contributed by atoms with Crippen molar-refractivity contribution < 1.29 is 4.79 Å². The van der Waals surface area contributed by atoms with E-state index in [2.05, 4.69) is 31.8 Å². The first-order valence-electron chi connectivity index (χ1n) is 9.38. The molecule has 1 unspecified atom stereocenters. The molecule has 0 bridgehead atoms. The number of carbonyl (C=O) groups is 1. The zero-order chi connectivity index (χ0) is 19.3. The summed E-state index contributed by atoms with van der Waals surface area (Å²) in [6.45, 7) is 2.89. The van der Waals surface area contributed by atoms with E-state index in [0.717, 1.165) is 37.3 Å². The van der Waals surface area contributed by atoms with Crippen LogP contribution in [0.2, 0.25) is 0 Å². The lowest BCUT2D eigenvalue weighted by Crippen LogP contribution is -2.59. The largest absolute Gasteiger partial charge is 0.340 e. The second-order valence-corrected chi connectivity index (χ2v) is 7.09. The lowest BCUT2D eigenvalue weighted by molar-refractivity contribution is -0.123. The molecule has 0 aromatic carbocycles. The fourth-order valence-corrected chi connectivity index (χ4v) is 4.33. The van der Waals surface area contributed by atoms with Crippen molar-refractivity contribution in [1.29, 1.82) is 0 Å². The number of hydrogen-bond donors (Lipinski definition) is 0. The Kier molecular flexibility index (Phi) is 3.65. The normalized spacial score (nSPS) is 21.0. The minimum atomic E-state index is -0.504. The molecule has 0 aliphatic carbocycles. The molecule has 9 nitrogen and oxygen atoms in total. The summed E-state index contributed by atoms with van der Waals surface area (Å²) in [4.78, 5) is 39.1. The van der Waals surface area contributed by atoms with E-state index < -0.39 is 5.54 Å². The highest BCUT2D eigenvalue weighted by Crippen LogP contribution is 2.45. The van der Waals surface area contributed by atoms with Crippen LogP contribution in [0.5, 0.6) is 0 Å². The average Bonchev–Trinajstić information content (AvgIpc) is 3.40. The Morgan fingerprint density at radius 2 is 2.04 bits per heavy atom. The quantitative estimate of drug-likeness (QED) is 0.688. The molecule has 0 saturated carbocycles. The molecule has 2 aliphatic rings. The second-order valence-electron chi connectivity index (χ2n) is 7.09. The topological polar surface area (TPSA) is 92.9 Å². The van der Waals surface area contributed by atoms with Gasteiger partial charge >= 0.3 is 0 Å². The van der Waals surface area contributed by atoms with Gasteiger partial charge in [-0.05, 0) is 19.3 Å². The highest BCUT2D eigenvalue weighted by Gasteiger charge is 2.52. The maximum absolute atomic E-state index is 13.1. The van der Waals surface area contributed by atoms with Gasteiger partial charge in [-0.3, -0.25) is 14.3 Å². The minimum absolute atomic E-state index is 0.124. The second kappa shape index (κ2) is 6.08. The van der Waals surface area contributed by atoms with Gasteiger partial charge in [0.25, 0.3) is 5.91 Å². The van der Waals surface area contributed by atoms with Crippen LogP contribution in [0.15, 0.2) is 37.2 Å². The lowest BCUT2D eigenvalue weighted by atomic mass is 9.89.